The maximum atomic E-state index is 14.1. The summed E-state index contributed by atoms with van der Waals surface area (Å²) in [7, 11) is 0. The summed E-state index contributed by atoms with van der Waals surface area (Å²) in [4.78, 5) is 0. The number of hydrogen-bond donors (Lipinski definition) is 0. The second-order valence-electron chi connectivity index (χ2n) is 10.1. The van der Waals surface area contributed by atoms with Crippen LogP contribution in [0.1, 0.15) is 88.2 Å². The Morgan fingerprint density at radius 1 is 0.871 bits per heavy atom. The fraction of sp³-hybridized carbons (Fsp3) is 0.692. The van der Waals surface area contributed by atoms with Gasteiger partial charge in [0.05, 0.1) is 0 Å². The van der Waals surface area contributed by atoms with Gasteiger partial charge >= 0.3 is 6.18 Å². The molecule has 0 spiro atoms. The summed E-state index contributed by atoms with van der Waals surface area (Å²) < 4.78 is 66.9. The fourth-order valence-corrected chi connectivity index (χ4v) is 7.05. The molecule has 0 saturated heterocycles. The monoisotopic (exact) mass is 440 g/mol. The first-order valence-corrected chi connectivity index (χ1v) is 11.9. The summed E-state index contributed by atoms with van der Waals surface area (Å²) in [6.45, 7) is 2.07. The summed E-state index contributed by atoms with van der Waals surface area (Å²) in [5.41, 5.74) is -1.37. The van der Waals surface area contributed by atoms with E-state index >= 15 is 0 Å². The summed E-state index contributed by atoms with van der Waals surface area (Å²) >= 11 is 0. The molecule has 0 radical (unpaired) electrons. The molecule has 3 aliphatic carbocycles. The van der Waals surface area contributed by atoms with Crippen LogP contribution in [0, 0.1) is 41.2 Å². The van der Waals surface area contributed by atoms with Crippen LogP contribution in [-0.4, -0.2) is 0 Å². The average Bonchev–Trinajstić information content (AvgIpc) is 2.71. The minimum Gasteiger partial charge on any atom is -0.206 e. The summed E-state index contributed by atoms with van der Waals surface area (Å²) in [6.07, 6.45) is 10.9. The highest BCUT2D eigenvalue weighted by atomic mass is 19.4. The van der Waals surface area contributed by atoms with Gasteiger partial charge < -0.3 is 0 Å². The van der Waals surface area contributed by atoms with Crippen LogP contribution in [0.25, 0.3) is 0 Å². The van der Waals surface area contributed by atoms with Gasteiger partial charge in [-0.15, -0.1) is 0 Å². The fourth-order valence-electron chi connectivity index (χ4n) is 7.05. The van der Waals surface area contributed by atoms with Gasteiger partial charge in [-0.1, -0.05) is 18.6 Å². The molecule has 3 saturated carbocycles. The lowest BCUT2D eigenvalue weighted by Gasteiger charge is -2.51. The number of fused-ring (bicyclic) bond motifs is 3. The van der Waals surface area contributed by atoms with Crippen molar-refractivity contribution >= 4 is 0 Å². The Hall–Kier alpha value is -1.39. The molecule has 4 rings (SSSR count). The van der Waals surface area contributed by atoms with Crippen molar-refractivity contribution in [3.05, 3.63) is 47.0 Å². The molecule has 0 aliphatic heterocycles. The number of alkyl halides is 3. The SMILES string of the molecule is CC=CCCC1CCC2C(CCC3CC(c4cc(F)c(C(F)(F)F)c(F)c4)CCC32)C1. The molecule has 172 valence electrons. The number of benzene rings is 1. The zero-order valence-corrected chi connectivity index (χ0v) is 18.2. The lowest BCUT2D eigenvalue weighted by atomic mass is 9.55. The smallest absolute Gasteiger partial charge is 0.206 e. The molecule has 0 nitrogen and oxygen atoms in total. The normalized spacial score (nSPS) is 33.9. The topological polar surface area (TPSA) is 0 Å². The summed E-state index contributed by atoms with van der Waals surface area (Å²) in [5.74, 6) is 0.615. The van der Waals surface area contributed by atoms with Crippen molar-refractivity contribution in [1.29, 1.82) is 0 Å². The number of rotatable bonds is 4. The standard InChI is InChI=1S/C26H33F5/c1-2-3-4-5-16-6-10-21-18(12-16)7-8-19-13-17(9-11-22(19)21)20-14-23(27)25(24(28)15-20)26(29,30)31/h2-3,14-19,21-22H,4-13H2,1H3. The number of hydrogen-bond acceptors (Lipinski definition) is 0. The molecule has 3 aliphatic rings. The van der Waals surface area contributed by atoms with Crippen LogP contribution >= 0.6 is 0 Å². The summed E-state index contributed by atoms with van der Waals surface area (Å²) in [5, 5.41) is 0. The van der Waals surface area contributed by atoms with E-state index in [1.807, 2.05) is 0 Å². The molecule has 3 fully saturated rings. The van der Waals surface area contributed by atoms with Crippen LogP contribution in [0.15, 0.2) is 24.3 Å². The van der Waals surface area contributed by atoms with Crippen molar-refractivity contribution in [2.24, 2.45) is 29.6 Å². The Kier molecular flexibility index (Phi) is 6.79. The van der Waals surface area contributed by atoms with Gasteiger partial charge in [0.2, 0.25) is 0 Å². The van der Waals surface area contributed by atoms with Crippen LogP contribution in [0.5, 0.6) is 0 Å². The predicted octanol–water partition coefficient (Wildman–Crippen LogP) is 8.67. The van der Waals surface area contributed by atoms with Crippen molar-refractivity contribution in [3.63, 3.8) is 0 Å². The van der Waals surface area contributed by atoms with Gasteiger partial charge in [0, 0.05) is 0 Å². The lowest BCUT2D eigenvalue weighted by molar-refractivity contribution is -0.142. The molecular weight excluding hydrogens is 407 g/mol. The molecule has 0 N–H and O–H groups in total. The quantitative estimate of drug-likeness (QED) is 0.324. The highest BCUT2D eigenvalue weighted by molar-refractivity contribution is 5.31. The van der Waals surface area contributed by atoms with E-state index < -0.39 is 23.4 Å². The van der Waals surface area contributed by atoms with Crippen molar-refractivity contribution in [2.75, 3.05) is 0 Å². The Bertz CT molecular complexity index is 772. The summed E-state index contributed by atoms with van der Waals surface area (Å²) in [6, 6.07) is 1.86. The third kappa shape index (κ3) is 4.85. The Morgan fingerprint density at radius 2 is 1.48 bits per heavy atom. The highest BCUT2D eigenvalue weighted by Gasteiger charge is 2.45. The predicted molar refractivity (Wildman–Crippen MR) is 113 cm³/mol. The minimum absolute atomic E-state index is 0.0405. The molecular formula is C26H33F5. The first kappa shape index (κ1) is 22.8. The van der Waals surface area contributed by atoms with Crippen molar-refractivity contribution < 1.29 is 22.0 Å². The average molecular weight is 441 g/mol. The van der Waals surface area contributed by atoms with Crippen molar-refractivity contribution in [3.8, 4) is 0 Å². The van der Waals surface area contributed by atoms with Crippen LogP contribution in [0.4, 0.5) is 22.0 Å². The van der Waals surface area contributed by atoms with Crippen LogP contribution in [-0.2, 0) is 6.18 Å². The molecule has 31 heavy (non-hydrogen) atoms. The third-order valence-corrected chi connectivity index (χ3v) is 8.45. The van der Waals surface area contributed by atoms with Crippen LogP contribution < -0.4 is 0 Å². The van der Waals surface area contributed by atoms with E-state index in [4.69, 9.17) is 0 Å². The van der Waals surface area contributed by atoms with E-state index in [0.717, 1.165) is 55.6 Å². The Balaban J connectivity index is 1.40. The van der Waals surface area contributed by atoms with Crippen molar-refractivity contribution in [2.45, 2.75) is 83.2 Å². The first-order chi connectivity index (χ1) is 14.8. The van der Waals surface area contributed by atoms with Crippen LogP contribution in [0.3, 0.4) is 0 Å². The Morgan fingerprint density at radius 3 is 2.10 bits per heavy atom. The third-order valence-electron chi connectivity index (χ3n) is 8.45. The van der Waals surface area contributed by atoms with Gasteiger partial charge in [0.1, 0.15) is 17.2 Å². The van der Waals surface area contributed by atoms with Gasteiger partial charge in [-0.2, -0.15) is 13.2 Å². The molecule has 6 unspecified atom stereocenters. The molecule has 6 atom stereocenters. The van der Waals surface area contributed by atoms with E-state index in [0.29, 0.717) is 17.4 Å². The molecule has 1 aromatic carbocycles. The maximum absolute atomic E-state index is 14.1. The largest absolute Gasteiger partial charge is 0.422 e. The zero-order valence-electron chi connectivity index (χ0n) is 18.2. The van der Waals surface area contributed by atoms with Crippen LogP contribution in [0.2, 0.25) is 0 Å². The molecule has 0 bridgehead atoms. The van der Waals surface area contributed by atoms with Crippen molar-refractivity contribution in [1.82, 2.24) is 0 Å². The molecule has 1 aromatic rings. The van der Waals surface area contributed by atoms with Gasteiger partial charge in [0.15, 0.2) is 0 Å². The number of halogens is 5. The molecule has 5 heteroatoms. The number of allylic oxidation sites excluding steroid dienone is 2. The minimum atomic E-state index is -5.01. The van der Waals surface area contributed by atoms with E-state index in [1.165, 1.54) is 38.5 Å². The first-order valence-electron chi connectivity index (χ1n) is 11.9. The van der Waals surface area contributed by atoms with Gasteiger partial charge in [0.25, 0.3) is 0 Å². The second kappa shape index (κ2) is 9.23. The van der Waals surface area contributed by atoms with E-state index in [-0.39, 0.29) is 5.92 Å². The van der Waals surface area contributed by atoms with Gasteiger partial charge in [-0.3, -0.25) is 0 Å². The highest BCUT2D eigenvalue weighted by Crippen LogP contribution is 2.55. The van der Waals surface area contributed by atoms with E-state index in [2.05, 4.69) is 19.1 Å². The zero-order chi connectivity index (χ0) is 22.2. The maximum Gasteiger partial charge on any atom is 0.422 e. The van der Waals surface area contributed by atoms with E-state index in [1.54, 1.807) is 0 Å². The molecule has 0 heterocycles. The Labute approximate surface area is 182 Å². The lowest BCUT2D eigenvalue weighted by Crippen LogP contribution is -2.41. The van der Waals surface area contributed by atoms with Gasteiger partial charge in [-0.05, 0) is 118 Å². The second-order valence-corrected chi connectivity index (χ2v) is 10.1. The van der Waals surface area contributed by atoms with E-state index in [9.17, 15) is 22.0 Å². The molecule has 0 aromatic heterocycles. The van der Waals surface area contributed by atoms with Gasteiger partial charge in [-0.25, -0.2) is 8.78 Å². The molecule has 0 amide bonds.